The van der Waals surface area contributed by atoms with Crippen LogP contribution in [-0.2, 0) is 14.3 Å². The number of hydrogen-bond donors (Lipinski definition) is 1. The van der Waals surface area contributed by atoms with Crippen LogP contribution in [-0.4, -0.2) is 48.1 Å². The van der Waals surface area contributed by atoms with Crippen LogP contribution in [0.4, 0.5) is 4.79 Å². The van der Waals surface area contributed by atoms with Crippen LogP contribution in [0.1, 0.15) is 25.7 Å². The molecule has 1 spiro atoms. The Kier molecular flexibility index (Phi) is 5.58. The van der Waals surface area contributed by atoms with Gasteiger partial charge in [-0.1, -0.05) is 42.1 Å². The minimum atomic E-state index is -0.832. The molecule has 26 heavy (non-hydrogen) atoms. The van der Waals surface area contributed by atoms with Crippen molar-refractivity contribution < 1.29 is 23.9 Å². The first-order valence-electron chi connectivity index (χ1n) is 8.29. The average Bonchev–Trinajstić information content (AvgIpc) is 3.15. The lowest BCUT2D eigenvalue weighted by Crippen LogP contribution is -2.44. The Morgan fingerprint density at radius 2 is 1.81 bits per heavy atom. The number of para-hydroxylation sites is 1. The minimum Gasteiger partial charge on any atom is -0.487 e. The van der Waals surface area contributed by atoms with E-state index in [2.05, 4.69) is 5.32 Å². The van der Waals surface area contributed by atoms with Crippen LogP contribution in [0.2, 0.25) is 10.0 Å². The Bertz CT molecular complexity index is 714. The standard InChI is InChI=1S/C17H18Cl2N2O5/c18-11-4-3-5-12(19)14(11)26-9-8-25-13(22)10-21-15(23)17(20-16(21)24)6-1-2-7-17/h3-5H,1-2,6-10H2,(H,20,24). The maximum atomic E-state index is 12.4. The molecule has 0 radical (unpaired) electrons. The molecule has 1 heterocycles. The third-order valence-electron chi connectivity index (χ3n) is 4.50. The lowest BCUT2D eigenvalue weighted by atomic mass is 9.98. The van der Waals surface area contributed by atoms with Crippen molar-refractivity contribution in [2.75, 3.05) is 19.8 Å². The number of urea groups is 1. The van der Waals surface area contributed by atoms with Crippen LogP contribution in [0.25, 0.3) is 0 Å². The summed E-state index contributed by atoms with van der Waals surface area (Å²) < 4.78 is 10.4. The molecule has 9 heteroatoms. The Balaban J connectivity index is 1.46. The van der Waals surface area contributed by atoms with Crippen molar-refractivity contribution in [2.24, 2.45) is 0 Å². The van der Waals surface area contributed by atoms with Gasteiger partial charge in [-0.3, -0.25) is 14.5 Å². The molecule has 0 bridgehead atoms. The third-order valence-corrected chi connectivity index (χ3v) is 5.10. The fourth-order valence-electron chi connectivity index (χ4n) is 3.23. The number of benzene rings is 1. The van der Waals surface area contributed by atoms with Crippen LogP contribution in [0.5, 0.6) is 5.75 Å². The van der Waals surface area contributed by atoms with Crippen molar-refractivity contribution in [3.8, 4) is 5.75 Å². The number of amides is 3. The van der Waals surface area contributed by atoms with Gasteiger partial charge in [0, 0.05) is 0 Å². The quantitative estimate of drug-likeness (QED) is 0.450. The molecule has 7 nitrogen and oxygen atoms in total. The van der Waals surface area contributed by atoms with Gasteiger partial charge in [-0.15, -0.1) is 0 Å². The maximum Gasteiger partial charge on any atom is 0.326 e. The van der Waals surface area contributed by atoms with Gasteiger partial charge in [0.15, 0.2) is 5.75 Å². The minimum absolute atomic E-state index is 0.0409. The third kappa shape index (κ3) is 3.73. The zero-order valence-electron chi connectivity index (χ0n) is 13.9. The van der Waals surface area contributed by atoms with E-state index in [-0.39, 0.29) is 19.1 Å². The number of nitrogens with one attached hydrogen (secondary N) is 1. The highest BCUT2D eigenvalue weighted by Crippen LogP contribution is 2.35. The largest absolute Gasteiger partial charge is 0.487 e. The highest BCUT2D eigenvalue weighted by molar-refractivity contribution is 6.37. The summed E-state index contributed by atoms with van der Waals surface area (Å²) in [4.78, 5) is 37.3. The van der Waals surface area contributed by atoms with E-state index < -0.39 is 24.1 Å². The molecule has 1 saturated carbocycles. The molecule has 2 fully saturated rings. The zero-order chi connectivity index (χ0) is 18.7. The second-order valence-electron chi connectivity index (χ2n) is 6.23. The van der Waals surface area contributed by atoms with Gasteiger partial charge in [-0.25, -0.2) is 4.79 Å². The van der Waals surface area contributed by atoms with Gasteiger partial charge in [0.2, 0.25) is 0 Å². The predicted octanol–water partition coefficient (Wildman–Crippen LogP) is 2.78. The second kappa shape index (κ2) is 7.72. The molecule has 3 rings (SSSR count). The molecule has 0 aromatic heterocycles. The molecule has 1 aromatic carbocycles. The highest BCUT2D eigenvalue weighted by Gasteiger charge is 2.52. The van der Waals surface area contributed by atoms with E-state index in [1.807, 2.05) is 0 Å². The lowest BCUT2D eigenvalue weighted by Gasteiger charge is -2.19. The Morgan fingerprint density at radius 3 is 2.46 bits per heavy atom. The summed E-state index contributed by atoms with van der Waals surface area (Å²) in [5.41, 5.74) is -0.832. The van der Waals surface area contributed by atoms with Crippen molar-refractivity contribution in [3.05, 3.63) is 28.2 Å². The molecular weight excluding hydrogens is 383 g/mol. The van der Waals surface area contributed by atoms with Gasteiger partial charge in [-0.05, 0) is 25.0 Å². The zero-order valence-corrected chi connectivity index (χ0v) is 15.4. The summed E-state index contributed by atoms with van der Waals surface area (Å²) in [7, 11) is 0. The Labute approximate surface area is 160 Å². The van der Waals surface area contributed by atoms with Gasteiger partial charge in [0.1, 0.15) is 25.3 Å². The molecule has 1 aromatic rings. The van der Waals surface area contributed by atoms with Gasteiger partial charge in [0.25, 0.3) is 5.91 Å². The number of esters is 1. The summed E-state index contributed by atoms with van der Waals surface area (Å²) in [6.07, 6.45) is 2.98. The summed E-state index contributed by atoms with van der Waals surface area (Å²) in [5, 5.41) is 3.42. The number of nitrogens with zero attached hydrogens (tertiary/aromatic N) is 1. The second-order valence-corrected chi connectivity index (χ2v) is 7.04. The maximum absolute atomic E-state index is 12.4. The van der Waals surface area contributed by atoms with Crippen LogP contribution < -0.4 is 10.1 Å². The van der Waals surface area contributed by atoms with Crippen LogP contribution in [0, 0.1) is 0 Å². The fourth-order valence-corrected chi connectivity index (χ4v) is 3.74. The van der Waals surface area contributed by atoms with E-state index in [0.717, 1.165) is 17.7 Å². The Morgan fingerprint density at radius 1 is 1.15 bits per heavy atom. The van der Waals surface area contributed by atoms with Crippen molar-refractivity contribution >= 4 is 41.1 Å². The lowest BCUT2D eigenvalue weighted by molar-refractivity contribution is -0.148. The van der Waals surface area contributed by atoms with Gasteiger partial charge in [-0.2, -0.15) is 0 Å². The number of hydrogen-bond acceptors (Lipinski definition) is 5. The first-order valence-corrected chi connectivity index (χ1v) is 9.05. The van der Waals surface area contributed by atoms with E-state index in [4.69, 9.17) is 32.7 Å². The molecule has 1 N–H and O–H groups in total. The first kappa shape index (κ1) is 18.8. The number of halogens is 2. The monoisotopic (exact) mass is 400 g/mol. The summed E-state index contributed by atoms with van der Waals surface area (Å²) >= 11 is 11.9. The SMILES string of the molecule is O=C(CN1C(=O)NC2(CCCC2)C1=O)OCCOc1c(Cl)cccc1Cl. The van der Waals surface area contributed by atoms with Crippen molar-refractivity contribution in [2.45, 2.75) is 31.2 Å². The van der Waals surface area contributed by atoms with Gasteiger partial charge >= 0.3 is 12.0 Å². The molecule has 140 valence electrons. The molecular formula is C17H18Cl2N2O5. The molecule has 2 aliphatic rings. The van der Waals surface area contributed by atoms with Crippen molar-refractivity contribution in [3.63, 3.8) is 0 Å². The van der Waals surface area contributed by atoms with E-state index in [9.17, 15) is 14.4 Å². The van der Waals surface area contributed by atoms with Crippen LogP contribution in [0.3, 0.4) is 0 Å². The molecule has 1 aliphatic carbocycles. The van der Waals surface area contributed by atoms with Crippen LogP contribution in [0.15, 0.2) is 18.2 Å². The molecule has 1 aliphatic heterocycles. The van der Waals surface area contributed by atoms with E-state index in [0.29, 0.717) is 28.6 Å². The first-order chi connectivity index (χ1) is 12.4. The molecule has 1 saturated heterocycles. The average molecular weight is 401 g/mol. The number of carbonyl (C=O) groups is 3. The van der Waals surface area contributed by atoms with Crippen LogP contribution >= 0.6 is 23.2 Å². The molecule has 0 atom stereocenters. The molecule has 3 amide bonds. The Hall–Kier alpha value is -1.99. The summed E-state index contributed by atoms with van der Waals surface area (Å²) in [6.45, 7) is -0.437. The van der Waals surface area contributed by atoms with Crippen molar-refractivity contribution in [1.29, 1.82) is 0 Å². The molecule has 0 unspecified atom stereocenters. The number of ether oxygens (including phenoxy) is 2. The highest BCUT2D eigenvalue weighted by atomic mass is 35.5. The van der Waals surface area contributed by atoms with Gasteiger partial charge < -0.3 is 14.8 Å². The number of carbonyl (C=O) groups excluding carboxylic acids is 3. The number of rotatable bonds is 6. The normalized spacial score (nSPS) is 18.3. The predicted molar refractivity (Wildman–Crippen MR) is 94.4 cm³/mol. The van der Waals surface area contributed by atoms with Gasteiger partial charge in [0.05, 0.1) is 10.0 Å². The topological polar surface area (TPSA) is 84.9 Å². The van der Waals surface area contributed by atoms with Crippen molar-refractivity contribution in [1.82, 2.24) is 10.2 Å². The van der Waals surface area contributed by atoms with E-state index in [1.54, 1.807) is 18.2 Å². The van der Waals surface area contributed by atoms with E-state index in [1.165, 1.54) is 0 Å². The fraction of sp³-hybridized carbons (Fsp3) is 0.471. The number of imide groups is 1. The summed E-state index contributed by atoms with van der Waals surface area (Å²) in [5.74, 6) is -0.724. The smallest absolute Gasteiger partial charge is 0.326 e. The summed E-state index contributed by atoms with van der Waals surface area (Å²) in [6, 6.07) is 4.40. The van der Waals surface area contributed by atoms with E-state index >= 15 is 0 Å².